The average molecular weight is 394 g/mol. The van der Waals surface area contributed by atoms with Crippen molar-refractivity contribution in [1.82, 2.24) is 4.98 Å². The van der Waals surface area contributed by atoms with E-state index >= 15 is 4.39 Å². The van der Waals surface area contributed by atoms with Crippen LogP contribution in [-0.2, 0) is 19.3 Å². The highest BCUT2D eigenvalue weighted by atomic mass is 19.1. The van der Waals surface area contributed by atoms with E-state index in [1.807, 2.05) is 54.7 Å². The van der Waals surface area contributed by atoms with Gasteiger partial charge in [0.15, 0.2) is 0 Å². The van der Waals surface area contributed by atoms with Gasteiger partial charge in [-0.25, -0.2) is 4.39 Å². The summed E-state index contributed by atoms with van der Waals surface area (Å²) >= 11 is 0. The van der Waals surface area contributed by atoms with Crippen molar-refractivity contribution in [2.45, 2.75) is 32.6 Å². The number of nitriles is 1. The van der Waals surface area contributed by atoms with Gasteiger partial charge in [0.25, 0.3) is 0 Å². The molecule has 0 unspecified atom stereocenters. The second kappa shape index (κ2) is 8.88. The minimum atomic E-state index is -0.154. The molecule has 0 radical (unpaired) electrons. The van der Waals surface area contributed by atoms with Gasteiger partial charge >= 0.3 is 0 Å². The van der Waals surface area contributed by atoms with Gasteiger partial charge in [0, 0.05) is 17.1 Å². The maximum atomic E-state index is 15.1. The zero-order chi connectivity index (χ0) is 20.9. The first-order valence-electron chi connectivity index (χ1n) is 10.3. The Balaban J connectivity index is 1.55. The van der Waals surface area contributed by atoms with Gasteiger partial charge < -0.3 is 0 Å². The summed E-state index contributed by atoms with van der Waals surface area (Å²) in [7, 11) is 0. The SMILES string of the molecule is CCCc1ccc(-c2ccc3c(F)c(CCc4ccc(C#N)cc4)ccc3c2)nc1. The summed E-state index contributed by atoms with van der Waals surface area (Å²) in [5.74, 6) is -0.154. The number of hydrogen-bond acceptors (Lipinski definition) is 2. The Morgan fingerprint density at radius 1 is 0.867 bits per heavy atom. The van der Waals surface area contributed by atoms with Crippen LogP contribution in [0.25, 0.3) is 22.0 Å². The van der Waals surface area contributed by atoms with Gasteiger partial charge in [0.2, 0.25) is 0 Å². The third-order valence-electron chi connectivity index (χ3n) is 5.46. The number of rotatable bonds is 6. The summed E-state index contributed by atoms with van der Waals surface area (Å²) in [5, 5.41) is 10.4. The minimum absolute atomic E-state index is 0.154. The van der Waals surface area contributed by atoms with Crippen LogP contribution in [0.5, 0.6) is 0 Å². The molecule has 1 heterocycles. The third-order valence-corrected chi connectivity index (χ3v) is 5.46. The Kier molecular flexibility index (Phi) is 5.86. The molecule has 1 aromatic heterocycles. The average Bonchev–Trinajstić information content (AvgIpc) is 2.79. The summed E-state index contributed by atoms with van der Waals surface area (Å²) in [6.07, 6.45) is 5.41. The molecule has 4 rings (SSSR count). The van der Waals surface area contributed by atoms with E-state index < -0.39 is 0 Å². The van der Waals surface area contributed by atoms with Crippen molar-refractivity contribution in [2.24, 2.45) is 0 Å². The molecule has 4 aromatic rings. The maximum Gasteiger partial charge on any atom is 0.134 e. The molecule has 0 saturated carbocycles. The molecule has 0 aliphatic rings. The van der Waals surface area contributed by atoms with Gasteiger partial charge in [-0.2, -0.15) is 5.26 Å². The number of aromatic nitrogens is 1. The van der Waals surface area contributed by atoms with Gasteiger partial charge in [-0.3, -0.25) is 4.98 Å². The number of halogens is 1. The molecule has 0 aliphatic carbocycles. The first-order valence-corrected chi connectivity index (χ1v) is 10.3. The topological polar surface area (TPSA) is 36.7 Å². The molecular weight excluding hydrogens is 371 g/mol. The quantitative estimate of drug-likeness (QED) is 0.367. The van der Waals surface area contributed by atoms with Crippen molar-refractivity contribution >= 4 is 10.8 Å². The first-order chi connectivity index (χ1) is 14.7. The van der Waals surface area contributed by atoms with Crippen LogP contribution in [-0.4, -0.2) is 4.98 Å². The lowest BCUT2D eigenvalue weighted by Gasteiger charge is -2.09. The van der Waals surface area contributed by atoms with Gasteiger partial charge in [0.05, 0.1) is 17.3 Å². The van der Waals surface area contributed by atoms with E-state index in [1.165, 1.54) is 5.56 Å². The van der Waals surface area contributed by atoms with Crippen LogP contribution in [0.1, 0.15) is 35.6 Å². The van der Waals surface area contributed by atoms with Crippen molar-refractivity contribution in [3.05, 3.63) is 101 Å². The van der Waals surface area contributed by atoms with Crippen LogP contribution in [0.4, 0.5) is 4.39 Å². The Hall–Kier alpha value is -3.51. The fourth-order valence-electron chi connectivity index (χ4n) is 3.75. The summed E-state index contributed by atoms with van der Waals surface area (Å²) < 4.78 is 15.1. The summed E-state index contributed by atoms with van der Waals surface area (Å²) in [4.78, 5) is 4.58. The Labute approximate surface area is 176 Å². The molecule has 3 heteroatoms. The van der Waals surface area contributed by atoms with Gasteiger partial charge in [-0.1, -0.05) is 55.8 Å². The van der Waals surface area contributed by atoms with E-state index in [0.29, 0.717) is 22.9 Å². The van der Waals surface area contributed by atoms with E-state index in [9.17, 15) is 0 Å². The zero-order valence-corrected chi connectivity index (χ0v) is 17.0. The van der Waals surface area contributed by atoms with E-state index in [4.69, 9.17) is 5.26 Å². The minimum Gasteiger partial charge on any atom is -0.256 e. The van der Waals surface area contributed by atoms with E-state index in [1.54, 1.807) is 12.1 Å². The monoisotopic (exact) mass is 394 g/mol. The fourth-order valence-corrected chi connectivity index (χ4v) is 3.75. The third kappa shape index (κ3) is 4.23. The van der Waals surface area contributed by atoms with Crippen molar-refractivity contribution in [3.8, 4) is 17.3 Å². The lowest BCUT2D eigenvalue weighted by atomic mass is 9.98. The number of hydrogen-bond donors (Lipinski definition) is 0. The zero-order valence-electron chi connectivity index (χ0n) is 17.0. The van der Waals surface area contributed by atoms with E-state index in [2.05, 4.69) is 24.0 Å². The molecule has 148 valence electrons. The largest absolute Gasteiger partial charge is 0.256 e. The lowest BCUT2D eigenvalue weighted by molar-refractivity contribution is 0.620. The number of benzene rings is 3. The molecule has 0 amide bonds. The summed E-state index contributed by atoms with van der Waals surface area (Å²) in [5.41, 5.74) is 5.58. The number of pyridine rings is 1. The Bertz CT molecular complexity index is 1200. The summed E-state index contributed by atoms with van der Waals surface area (Å²) in [6, 6.07) is 23.4. The number of aryl methyl sites for hydroxylation is 3. The molecule has 0 N–H and O–H groups in total. The molecule has 0 saturated heterocycles. The van der Waals surface area contributed by atoms with Crippen LogP contribution in [0.2, 0.25) is 0 Å². The molecule has 0 fully saturated rings. The highest BCUT2D eigenvalue weighted by Gasteiger charge is 2.10. The molecule has 30 heavy (non-hydrogen) atoms. The second-order valence-corrected chi connectivity index (χ2v) is 7.58. The summed E-state index contributed by atoms with van der Waals surface area (Å²) in [6.45, 7) is 2.16. The van der Waals surface area contributed by atoms with Gasteiger partial charge in [-0.15, -0.1) is 0 Å². The highest BCUT2D eigenvalue weighted by molar-refractivity contribution is 5.88. The fraction of sp³-hybridized carbons (Fsp3) is 0.185. The van der Waals surface area contributed by atoms with Crippen LogP contribution < -0.4 is 0 Å². The van der Waals surface area contributed by atoms with E-state index in [0.717, 1.165) is 41.5 Å². The smallest absolute Gasteiger partial charge is 0.134 e. The molecule has 0 spiro atoms. The Morgan fingerprint density at radius 3 is 2.37 bits per heavy atom. The van der Waals surface area contributed by atoms with Crippen LogP contribution >= 0.6 is 0 Å². The molecule has 0 atom stereocenters. The number of fused-ring (bicyclic) bond motifs is 1. The molecule has 3 aromatic carbocycles. The van der Waals surface area contributed by atoms with E-state index in [-0.39, 0.29) is 5.82 Å². The number of nitrogens with zero attached hydrogens (tertiary/aromatic N) is 2. The van der Waals surface area contributed by atoms with Crippen molar-refractivity contribution in [3.63, 3.8) is 0 Å². The van der Waals surface area contributed by atoms with Crippen LogP contribution in [0, 0.1) is 17.1 Å². The predicted octanol–water partition coefficient (Wildman–Crippen LogP) is 6.65. The van der Waals surface area contributed by atoms with Crippen molar-refractivity contribution in [1.29, 1.82) is 5.26 Å². The van der Waals surface area contributed by atoms with Crippen molar-refractivity contribution in [2.75, 3.05) is 0 Å². The Morgan fingerprint density at radius 2 is 1.67 bits per heavy atom. The van der Waals surface area contributed by atoms with Crippen LogP contribution in [0.3, 0.4) is 0 Å². The first kappa shape index (κ1) is 19.8. The van der Waals surface area contributed by atoms with Crippen LogP contribution in [0.15, 0.2) is 72.9 Å². The second-order valence-electron chi connectivity index (χ2n) is 7.58. The lowest BCUT2D eigenvalue weighted by Crippen LogP contribution is -1.96. The molecular formula is C27H23FN2. The molecule has 2 nitrogen and oxygen atoms in total. The van der Waals surface area contributed by atoms with Gasteiger partial charge in [-0.05, 0) is 65.6 Å². The van der Waals surface area contributed by atoms with Crippen molar-refractivity contribution < 1.29 is 4.39 Å². The standard InChI is InChI=1S/C27H23FN2/c1-2-3-21-9-15-26(30-18-21)24-13-14-25-23(16-24)12-11-22(27(25)28)10-8-19-4-6-20(17-29)7-5-19/h4-7,9,11-16,18H,2-3,8,10H2,1H3. The predicted molar refractivity (Wildman–Crippen MR) is 120 cm³/mol. The normalized spacial score (nSPS) is 10.8. The maximum absolute atomic E-state index is 15.1. The molecule has 0 bridgehead atoms. The molecule has 0 aliphatic heterocycles. The van der Waals surface area contributed by atoms with Gasteiger partial charge in [0.1, 0.15) is 5.82 Å². The highest BCUT2D eigenvalue weighted by Crippen LogP contribution is 2.27.